The lowest BCUT2D eigenvalue weighted by Crippen LogP contribution is -2.30. The van der Waals surface area contributed by atoms with Gasteiger partial charge in [0.05, 0.1) is 24.9 Å². The van der Waals surface area contributed by atoms with E-state index < -0.39 is 32.1 Å². The summed E-state index contributed by atoms with van der Waals surface area (Å²) in [4.78, 5) is 9.60. The summed E-state index contributed by atoms with van der Waals surface area (Å²) < 4.78 is 32.6. The first-order valence-electron chi connectivity index (χ1n) is 6.42. The van der Waals surface area contributed by atoms with E-state index in [4.69, 9.17) is 26.4 Å². The van der Waals surface area contributed by atoms with Gasteiger partial charge in [-0.3, -0.25) is 9.05 Å². The van der Waals surface area contributed by atoms with Crippen molar-refractivity contribution in [1.82, 2.24) is 0 Å². The molecule has 1 saturated heterocycles. The third-order valence-electron chi connectivity index (χ3n) is 2.44. The summed E-state index contributed by atoms with van der Waals surface area (Å²) in [5, 5.41) is 0. The maximum Gasteiger partial charge on any atom is 0.472 e. The number of phosphoric acid groups is 1. The Morgan fingerprint density at radius 1 is 1.37 bits per heavy atom. The number of hydrogen-bond donors (Lipinski definition) is 1. The molecule has 19 heavy (non-hydrogen) atoms. The van der Waals surface area contributed by atoms with Crippen LogP contribution < -0.4 is 0 Å². The highest BCUT2D eigenvalue weighted by Gasteiger charge is 2.39. The van der Waals surface area contributed by atoms with Crippen LogP contribution in [0.5, 0.6) is 0 Å². The topological polar surface area (TPSA) is 74.2 Å². The lowest BCUT2D eigenvalue weighted by molar-refractivity contribution is -0.0482. The summed E-state index contributed by atoms with van der Waals surface area (Å²) >= 11 is 0. The Hall–Kier alpha value is 0.0949. The molecule has 1 N–H and O–H groups in total. The van der Waals surface area contributed by atoms with Gasteiger partial charge in [-0.15, -0.1) is 0 Å². The van der Waals surface area contributed by atoms with Crippen molar-refractivity contribution < 1.29 is 28.0 Å². The van der Waals surface area contributed by atoms with Crippen molar-refractivity contribution in [3.8, 4) is 0 Å². The van der Waals surface area contributed by atoms with Gasteiger partial charge in [0.25, 0.3) is 0 Å². The fraction of sp³-hybridized carbons (Fsp3) is 1.00. The van der Waals surface area contributed by atoms with Crippen molar-refractivity contribution in [1.29, 1.82) is 0 Å². The molecule has 0 aromatic rings. The van der Waals surface area contributed by atoms with E-state index in [9.17, 15) is 9.46 Å². The van der Waals surface area contributed by atoms with Gasteiger partial charge in [-0.05, 0) is 34.1 Å². The van der Waals surface area contributed by atoms with Gasteiger partial charge in [0.15, 0.2) is 0 Å². The second kappa shape index (κ2) is 7.20. The van der Waals surface area contributed by atoms with Gasteiger partial charge in [0.2, 0.25) is 0 Å². The second-order valence-corrected chi connectivity index (χ2v) is 6.46. The highest BCUT2D eigenvalue weighted by atomic mass is 31.2. The maximum atomic E-state index is 11.7. The molecule has 1 aliphatic heterocycles. The number of hydrogen-bond acceptors (Lipinski definition) is 5. The molecule has 2 radical (unpaired) electrons. The van der Waals surface area contributed by atoms with Crippen molar-refractivity contribution in [2.75, 3.05) is 6.61 Å². The predicted molar refractivity (Wildman–Crippen MR) is 71.0 cm³/mol. The normalized spacial score (nSPS) is 31.0. The fourth-order valence-corrected chi connectivity index (χ4v) is 2.90. The Balaban J connectivity index is 2.56. The zero-order chi connectivity index (χ0) is 14.6. The van der Waals surface area contributed by atoms with Gasteiger partial charge in [-0.2, -0.15) is 0 Å². The van der Waals surface area contributed by atoms with Crippen molar-refractivity contribution >= 4 is 15.7 Å². The molecule has 0 spiro atoms. The molecule has 6 nitrogen and oxygen atoms in total. The van der Waals surface area contributed by atoms with Crippen LogP contribution in [0.15, 0.2) is 0 Å². The van der Waals surface area contributed by atoms with Crippen LogP contribution in [0.3, 0.4) is 0 Å². The minimum absolute atomic E-state index is 0.0360. The standard InChI is InChI=1S/C11H22BO6P/c1-7(2)15-6-10-9(5-11(12)16-10)18-19(13,14)17-8(3)4/h7-11H,5-6H2,1-4H3,(H,13,14)/t9-,10+,11+/m0/s1. The summed E-state index contributed by atoms with van der Waals surface area (Å²) in [6.07, 6.45) is -1.11. The van der Waals surface area contributed by atoms with E-state index in [1.807, 2.05) is 13.8 Å². The Morgan fingerprint density at radius 2 is 2.00 bits per heavy atom. The van der Waals surface area contributed by atoms with Gasteiger partial charge in [0.1, 0.15) is 14.0 Å². The van der Waals surface area contributed by atoms with Crippen LogP contribution in [0.25, 0.3) is 0 Å². The molecule has 110 valence electrons. The Kier molecular flexibility index (Phi) is 6.50. The Morgan fingerprint density at radius 3 is 2.53 bits per heavy atom. The van der Waals surface area contributed by atoms with E-state index in [2.05, 4.69) is 0 Å². The van der Waals surface area contributed by atoms with Crippen molar-refractivity contribution in [2.24, 2.45) is 0 Å². The van der Waals surface area contributed by atoms with Crippen LogP contribution >= 0.6 is 7.82 Å². The monoisotopic (exact) mass is 292 g/mol. The van der Waals surface area contributed by atoms with Crippen molar-refractivity contribution in [2.45, 2.75) is 64.5 Å². The Labute approximate surface area is 115 Å². The van der Waals surface area contributed by atoms with E-state index in [1.54, 1.807) is 13.8 Å². The summed E-state index contributed by atoms with van der Waals surface area (Å²) in [5.74, 6) is 0. The van der Waals surface area contributed by atoms with Crippen LogP contribution in [0.1, 0.15) is 34.1 Å². The van der Waals surface area contributed by atoms with Crippen LogP contribution in [-0.2, 0) is 23.1 Å². The molecule has 1 fully saturated rings. The maximum absolute atomic E-state index is 11.7. The minimum atomic E-state index is -4.10. The molecule has 4 atom stereocenters. The average Bonchev–Trinajstić information content (AvgIpc) is 2.52. The molecule has 0 saturated carbocycles. The predicted octanol–water partition coefficient (Wildman–Crippen LogP) is 1.61. The van der Waals surface area contributed by atoms with Crippen LogP contribution in [0, 0.1) is 0 Å². The van der Waals surface area contributed by atoms with Gasteiger partial charge in [0, 0.05) is 6.00 Å². The van der Waals surface area contributed by atoms with Crippen molar-refractivity contribution in [3.63, 3.8) is 0 Å². The van der Waals surface area contributed by atoms with E-state index >= 15 is 0 Å². The summed E-state index contributed by atoms with van der Waals surface area (Å²) in [7, 11) is 1.57. The average molecular weight is 292 g/mol. The zero-order valence-electron chi connectivity index (χ0n) is 11.8. The molecule has 1 rings (SSSR count). The van der Waals surface area contributed by atoms with Crippen LogP contribution in [0.4, 0.5) is 0 Å². The SMILES string of the molecule is [B][C@H]1C[C@H](OP(=O)(O)OC(C)C)[C@@H](COC(C)C)O1. The molecule has 0 aliphatic carbocycles. The lowest BCUT2D eigenvalue weighted by Gasteiger charge is -2.23. The first-order valence-corrected chi connectivity index (χ1v) is 7.91. The molecule has 0 amide bonds. The highest BCUT2D eigenvalue weighted by molar-refractivity contribution is 7.47. The number of phosphoric ester groups is 1. The smallest absolute Gasteiger partial charge is 0.380 e. The highest BCUT2D eigenvalue weighted by Crippen LogP contribution is 2.48. The molecule has 1 heterocycles. The van der Waals surface area contributed by atoms with Gasteiger partial charge < -0.3 is 14.4 Å². The van der Waals surface area contributed by atoms with E-state index in [-0.39, 0.29) is 12.7 Å². The fourth-order valence-electron chi connectivity index (χ4n) is 1.76. The van der Waals surface area contributed by atoms with Gasteiger partial charge in [-0.25, -0.2) is 4.57 Å². The number of rotatable bonds is 7. The second-order valence-electron chi connectivity index (χ2n) is 5.10. The third kappa shape index (κ3) is 6.38. The van der Waals surface area contributed by atoms with Gasteiger partial charge in [-0.1, -0.05) is 0 Å². The summed E-state index contributed by atoms with van der Waals surface area (Å²) in [6, 6.07) is -0.523. The molecule has 0 aromatic heterocycles. The minimum Gasteiger partial charge on any atom is -0.380 e. The van der Waals surface area contributed by atoms with E-state index in [0.29, 0.717) is 6.42 Å². The molecule has 1 unspecified atom stereocenters. The van der Waals surface area contributed by atoms with Gasteiger partial charge >= 0.3 is 7.82 Å². The summed E-state index contributed by atoms with van der Waals surface area (Å²) in [6.45, 7) is 7.36. The van der Waals surface area contributed by atoms with Crippen LogP contribution in [0.2, 0.25) is 0 Å². The molecule has 0 bridgehead atoms. The third-order valence-corrected chi connectivity index (χ3v) is 3.66. The molecule has 0 aromatic carbocycles. The quantitative estimate of drug-likeness (QED) is 0.567. The largest absolute Gasteiger partial charge is 0.472 e. The first kappa shape index (κ1) is 17.1. The first-order chi connectivity index (χ1) is 8.69. The molecule has 8 heteroatoms. The zero-order valence-corrected chi connectivity index (χ0v) is 12.7. The van der Waals surface area contributed by atoms with Crippen molar-refractivity contribution in [3.05, 3.63) is 0 Å². The lowest BCUT2D eigenvalue weighted by atomic mass is 9.96. The van der Waals surface area contributed by atoms with E-state index in [0.717, 1.165) is 0 Å². The molecule has 1 aliphatic rings. The van der Waals surface area contributed by atoms with Crippen LogP contribution in [-0.4, -0.2) is 49.8 Å². The van der Waals surface area contributed by atoms with E-state index in [1.165, 1.54) is 0 Å². The molecular weight excluding hydrogens is 270 g/mol. The molecular formula is C11H22BO6P. The Bertz CT molecular complexity index is 324. The number of ether oxygens (including phenoxy) is 2. The summed E-state index contributed by atoms with van der Waals surface area (Å²) in [5.41, 5.74) is 0.